The molecule has 134 valence electrons. The quantitative estimate of drug-likeness (QED) is 0.802. The summed E-state index contributed by atoms with van der Waals surface area (Å²) in [5, 5.41) is 9.62. The second kappa shape index (κ2) is 8.41. The number of carbonyl (C=O) groups excluding carboxylic acids is 1. The first-order valence-electron chi connectivity index (χ1n) is 8.13. The number of benzene rings is 1. The van der Waals surface area contributed by atoms with E-state index < -0.39 is 0 Å². The number of aliphatic hydroxyl groups excluding tert-OH is 1. The zero-order chi connectivity index (χ0) is 18.5. The summed E-state index contributed by atoms with van der Waals surface area (Å²) in [7, 11) is 0. The molecule has 3 rings (SSSR count). The van der Waals surface area contributed by atoms with Crippen LogP contribution in [0, 0.1) is 11.8 Å². The zero-order valence-electron chi connectivity index (χ0n) is 14.0. The van der Waals surface area contributed by atoms with Crippen LogP contribution in [0.15, 0.2) is 36.5 Å². The van der Waals surface area contributed by atoms with Crippen LogP contribution < -0.4 is 4.90 Å². The van der Waals surface area contributed by atoms with Crippen LogP contribution in [0.1, 0.15) is 15.9 Å². The molecule has 7 heteroatoms. The maximum atomic E-state index is 12.7. The molecule has 1 fully saturated rings. The number of halogens is 2. The van der Waals surface area contributed by atoms with Crippen molar-refractivity contribution in [2.45, 2.75) is 0 Å². The van der Waals surface area contributed by atoms with Gasteiger partial charge in [-0.05, 0) is 30.3 Å². The van der Waals surface area contributed by atoms with Crippen LogP contribution in [-0.4, -0.2) is 53.7 Å². The number of nitrogens with zero attached hydrogens (tertiary/aromatic N) is 3. The van der Waals surface area contributed by atoms with E-state index in [2.05, 4.69) is 21.7 Å². The van der Waals surface area contributed by atoms with Gasteiger partial charge in [-0.15, -0.1) is 0 Å². The van der Waals surface area contributed by atoms with Crippen LogP contribution in [0.25, 0.3) is 0 Å². The molecule has 0 unspecified atom stereocenters. The summed E-state index contributed by atoms with van der Waals surface area (Å²) in [6.07, 6.45) is 1.68. The summed E-state index contributed by atoms with van der Waals surface area (Å²) in [4.78, 5) is 21.0. The third-order valence-electron chi connectivity index (χ3n) is 4.11. The molecule has 1 aromatic heterocycles. The van der Waals surface area contributed by atoms with E-state index in [1.165, 1.54) is 0 Å². The highest BCUT2D eigenvalue weighted by Gasteiger charge is 2.24. The van der Waals surface area contributed by atoms with Crippen molar-refractivity contribution in [1.29, 1.82) is 0 Å². The number of rotatable bonds is 2. The second-order valence-electron chi connectivity index (χ2n) is 5.77. The standard InChI is InChI=1S/C19H17Cl2N3O2/c20-15-4-5-17(21)16(12-15)19(26)24-9-7-23(8-10-24)18-6-3-14(13-22-18)2-1-11-25/h3-6,12-13,25H,7-11H2. The van der Waals surface area contributed by atoms with Crippen molar-refractivity contribution in [1.82, 2.24) is 9.88 Å². The predicted octanol–water partition coefficient (Wildman–Crippen LogP) is 2.69. The van der Waals surface area contributed by atoms with Crippen LogP contribution >= 0.6 is 23.2 Å². The number of aromatic nitrogens is 1. The molecule has 5 nitrogen and oxygen atoms in total. The fraction of sp³-hybridized carbons (Fsp3) is 0.263. The third kappa shape index (κ3) is 4.28. The van der Waals surface area contributed by atoms with Crippen molar-refractivity contribution < 1.29 is 9.90 Å². The van der Waals surface area contributed by atoms with Crippen molar-refractivity contribution in [3.8, 4) is 11.8 Å². The summed E-state index contributed by atoms with van der Waals surface area (Å²) in [5.41, 5.74) is 1.18. The molecule has 2 aromatic rings. The molecule has 0 radical (unpaired) electrons. The Morgan fingerprint density at radius 2 is 1.92 bits per heavy atom. The van der Waals surface area contributed by atoms with E-state index in [4.69, 9.17) is 28.3 Å². The van der Waals surface area contributed by atoms with Crippen LogP contribution in [0.2, 0.25) is 10.0 Å². The number of hydrogen-bond acceptors (Lipinski definition) is 4. The van der Waals surface area contributed by atoms with Crippen molar-refractivity contribution in [3.05, 3.63) is 57.7 Å². The second-order valence-corrected chi connectivity index (χ2v) is 6.61. The fourth-order valence-electron chi connectivity index (χ4n) is 2.76. The fourth-order valence-corrected chi connectivity index (χ4v) is 3.13. The molecule has 1 aliphatic heterocycles. The van der Waals surface area contributed by atoms with Gasteiger partial charge < -0.3 is 14.9 Å². The normalized spacial score (nSPS) is 14.0. The number of hydrogen-bond donors (Lipinski definition) is 1. The summed E-state index contributed by atoms with van der Waals surface area (Å²) in [6.45, 7) is 2.34. The Labute approximate surface area is 162 Å². The lowest BCUT2D eigenvalue weighted by molar-refractivity contribution is 0.0746. The predicted molar refractivity (Wildman–Crippen MR) is 103 cm³/mol. The summed E-state index contributed by atoms with van der Waals surface area (Å²) < 4.78 is 0. The molecule has 2 heterocycles. The molecule has 1 amide bonds. The third-order valence-corrected chi connectivity index (χ3v) is 4.67. The molecule has 26 heavy (non-hydrogen) atoms. The number of pyridine rings is 1. The molecule has 1 N–H and O–H groups in total. The largest absolute Gasteiger partial charge is 0.384 e. The lowest BCUT2D eigenvalue weighted by Crippen LogP contribution is -2.49. The van der Waals surface area contributed by atoms with E-state index in [1.807, 2.05) is 12.1 Å². The molecule has 1 saturated heterocycles. The van der Waals surface area contributed by atoms with Gasteiger partial charge in [0.1, 0.15) is 12.4 Å². The van der Waals surface area contributed by atoms with Crippen LogP contribution in [0.5, 0.6) is 0 Å². The summed E-state index contributed by atoms with van der Waals surface area (Å²) >= 11 is 12.1. The maximum absolute atomic E-state index is 12.7. The lowest BCUT2D eigenvalue weighted by Gasteiger charge is -2.35. The Morgan fingerprint density at radius 1 is 1.15 bits per heavy atom. The minimum absolute atomic E-state index is 0.111. The van der Waals surface area contributed by atoms with Crippen molar-refractivity contribution in [2.75, 3.05) is 37.7 Å². The first kappa shape index (κ1) is 18.5. The molecule has 1 aromatic carbocycles. The summed E-state index contributed by atoms with van der Waals surface area (Å²) in [6, 6.07) is 8.67. The van der Waals surface area contributed by atoms with Crippen LogP contribution in [-0.2, 0) is 0 Å². The van der Waals surface area contributed by atoms with Crippen LogP contribution in [0.3, 0.4) is 0 Å². The van der Waals surface area contributed by atoms with Gasteiger partial charge in [-0.2, -0.15) is 0 Å². The molecule has 1 aliphatic rings. The number of piperazine rings is 1. The Balaban J connectivity index is 1.63. The first-order valence-corrected chi connectivity index (χ1v) is 8.89. The highest BCUT2D eigenvalue weighted by molar-refractivity contribution is 6.35. The van der Waals surface area contributed by atoms with Gasteiger partial charge >= 0.3 is 0 Å². The van der Waals surface area contributed by atoms with E-state index in [0.717, 1.165) is 11.4 Å². The van der Waals surface area contributed by atoms with E-state index in [0.29, 0.717) is 41.8 Å². The number of aliphatic hydroxyl groups is 1. The van der Waals surface area contributed by atoms with E-state index in [-0.39, 0.29) is 12.5 Å². The highest BCUT2D eigenvalue weighted by Crippen LogP contribution is 2.23. The molecule has 0 saturated carbocycles. The van der Waals surface area contributed by atoms with Crippen molar-refractivity contribution >= 4 is 34.9 Å². The maximum Gasteiger partial charge on any atom is 0.255 e. The van der Waals surface area contributed by atoms with E-state index in [9.17, 15) is 4.79 Å². The van der Waals surface area contributed by atoms with Gasteiger partial charge in [0.25, 0.3) is 5.91 Å². The molecule has 0 spiro atoms. The monoisotopic (exact) mass is 389 g/mol. The van der Waals surface area contributed by atoms with Gasteiger partial charge in [0, 0.05) is 43.0 Å². The molecule has 0 aliphatic carbocycles. The minimum Gasteiger partial charge on any atom is -0.384 e. The van der Waals surface area contributed by atoms with Gasteiger partial charge in [0.05, 0.1) is 10.6 Å². The number of carbonyl (C=O) groups is 1. The van der Waals surface area contributed by atoms with Crippen LogP contribution in [0.4, 0.5) is 5.82 Å². The Morgan fingerprint density at radius 3 is 2.58 bits per heavy atom. The van der Waals surface area contributed by atoms with Gasteiger partial charge in [0.15, 0.2) is 0 Å². The number of anilines is 1. The number of amides is 1. The molecular formula is C19H17Cl2N3O2. The van der Waals surface area contributed by atoms with Gasteiger partial charge in [0.2, 0.25) is 0 Å². The average Bonchev–Trinajstić information content (AvgIpc) is 2.68. The SMILES string of the molecule is O=C(c1cc(Cl)ccc1Cl)N1CCN(c2ccc(C#CCO)cn2)CC1. The minimum atomic E-state index is -0.172. The van der Waals surface area contributed by atoms with E-state index >= 15 is 0 Å². The molecule has 0 bridgehead atoms. The van der Waals surface area contributed by atoms with Gasteiger partial charge in [-0.25, -0.2) is 4.98 Å². The Hall–Kier alpha value is -2.26. The lowest BCUT2D eigenvalue weighted by atomic mass is 10.1. The Kier molecular flexibility index (Phi) is 6.00. The molecular weight excluding hydrogens is 373 g/mol. The summed E-state index contributed by atoms with van der Waals surface area (Å²) in [5.74, 6) is 6.14. The van der Waals surface area contributed by atoms with Gasteiger partial charge in [-0.1, -0.05) is 35.0 Å². The topological polar surface area (TPSA) is 56.7 Å². The smallest absolute Gasteiger partial charge is 0.255 e. The zero-order valence-corrected chi connectivity index (χ0v) is 15.5. The van der Waals surface area contributed by atoms with E-state index in [1.54, 1.807) is 29.3 Å². The average molecular weight is 390 g/mol. The van der Waals surface area contributed by atoms with Crippen molar-refractivity contribution in [2.24, 2.45) is 0 Å². The highest BCUT2D eigenvalue weighted by atomic mass is 35.5. The van der Waals surface area contributed by atoms with Crippen molar-refractivity contribution in [3.63, 3.8) is 0 Å². The first-order chi connectivity index (χ1) is 12.6. The molecule has 0 atom stereocenters. The van der Waals surface area contributed by atoms with Gasteiger partial charge in [-0.3, -0.25) is 4.79 Å². The Bertz CT molecular complexity index is 851.